The molecular formula is C25H31N3O3S. The monoisotopic (exact) mass is 453 g/mol. The summed E-state index contributed by atoms with van der Waals surface area (Å²) in [6.45, 7) is 4.89. The number of aromatic nitrogens is 2. The van der Waals surface area contributed by atoms with E-state index in [1.54, 1.807) is 0 Å². The Kier molecular flexibility index (Phi) is 6.76. The minimum atomic E-state index is -0.175. The highest BCUT2D eigenvalue weighted by molar-refractivity contribution is 7.98. The summed E-state index contributed by atoms with van der Waals surface area (Å²) in [4.78, 5) is 29.5. The number of aliphatic hydroxyl groups excluding tert-OH is 1. The molecule has 1 aliphatic rings. The van der Waals surface area contributed by atoms with Gasteiger partial charge in [-0.1, -0.05) is 18.2 Å². The number of benzene rings is 1. The fraction of sp³-hybridized carbons (Fsp3) is 0.440. The Morgan fingerprint density at radius 3 is 2.66 bits per heavy atom. The molecule has 2 aromatic heterocycles. The first kappa shape index (κ1) is 22.7. The number of nitrogens with one attached hydrogen (secondary N) is 2. The van der Waals surface area contributed by atoms with Gasteiger partial charge in [0.05, 0.1) is 11.7 Å². The van der Waals surface area contributed by atoms with E-state index in [1.807, 2.05) is 44.4 Å². The normalized spacial score (nSPS) is 18.8. The molecule has 4 rings (SSSR count). The molecule has 3 aromatic rings. The fourth-order valence-electron chi connectivity index (χ4n) is 4.83. The van der Waals surface area contributed by atoms with Crippen molar-refractivity contribution in [2.45, 2.75) is 63.6 Å². The molecule has 1 aliphatic carbocycles. The first-order valence-electron chi connectivity index (χ1n) is 11.2. The van der Waals surface area contributed by atoms with E-state index in [0.717, 1.165) is 59.4 Å². The molecule has 2 heterocycles. The number of thioether (sulfide) groups is 1. The van der Waals surface area contributed by atoms with Crippen molar-refractivity contribution in [3.05, 3.63) is 63.2 Å². The number of amides is 1. The lowest BCUT2D eigenvalue weighted by atomic mass is 9.87. The number of aryl methyl sites for hydroxylation is 1. The number of pyridine rings is 1. The highest BCUT2D eigenvalue weighted by Gasteiger charge is 2.24. The summed E-state index contributed by atoms with van der Waals surface area (Å²) in [7, 11) is 0. The van der Waals surface area contributed by atoms with E-state index in [1.165, 1.54) is 11.8 Å². The van der Waals surface area contributed by atoms with Crippen molar-refractivity contribution in [1.82, 2.24) is 14.9 Å². The van der Waals surface area contributed by atoms with Crippen LogP contribution in [0.25, 0.3) is 10.9 Å². The largest absolute Gasteiger partial charge is 0.393 e. The van der Waals surface area contributed by atoms with Crippen molar-refractivity contribution in [2.75, 3.05) is 6.26 Å². The molecule has 1 fully saturated rings. The van der Waals surface area contributed by atoms with Crippen molar-refractivity contribution in [2.24, 2.45) is 5.92 Å². The van der Waals surface area contributed by atoms with E-state index in [-0.39, 0.29) is 24.1 Å². The lowest BCUT2D eigenvalue weighted by Crippen LogP contribution is -2.28. The quantitative estimate of drug-likeness (QED) is 0.490. The van der Waals surface area contributed by atoms with Crippen LogP contribution in [0.5, 0.6) is 0 Å². The summed E-state index contributed by atoms with van der Waals surface area (Å²) in [6.07, 6.45) is 5.45. The number of rotatable bonds is 6. The average molecular weight is 454 g/mol. The predicted octanol–water partition coefficient (Wildman–Crippen LogP) is 4.15. The maximum atomic E-state index is 13.3. The molecule has 3 N–H and O–H groups in total. The first-order chi connectivity index (χ1) is 15.4. The molecule has 0 radical (unpaired) electrons. The van der Waals surface area contributed by atoms with Crippen LogP contribution in [-0.4, -0.2) is 32.9 Å². The number of aromatic amines is 1. The number of hydrogen-bond donors (Lipinski definition) is 3. The second-order valence-electron chi connectivity index (χ2n) is 8.77. The Morgan fingerprint density at radius 1 is 1.22 bits per heavy atom. The predicted molar refractivity (Wildman–Crippen MR) is 129 cm³/mol. The standard InChI is InChI=1S/C25H31N3O3S/c1-15-12-22(32-3)20(24(30)27-15)13-26-25(31)23-16(2)28(21-7-5-4-6-19(21)23)14-17-8-10-18(29)11-9-17/h4-7,12,17-18,29H,8-11,13-14H2,1-3H3,(H,26,31)(H,27,30). The summed E-state index contributed by atoms with van der Waals surface area (Å²) < 4.78 is 2.25. The lowest BCUT2D eigenvalue weighted by molar-refractivity contribution is 0.0951. The van der Waals surface area contributed by atoms with Gasteiger partial charge in [-0.2, -0.15) is 0 Å². The van der Waals surface area contributed by atoms with Gasteiger partial charge in [0, 0.05) is 45.8 Å². The smallest absolute Gasteiger partial charge is 0.254 e. The molecule has 1 amide bonds. The maximum absolute atomic E-state index is 13.3. The topological polar surface area (TPSA) is 87.1 Å². The third kappa shape index (κ3) is 4.50. The van der Waals surface area contributed by atoms with Crippen molar-refractivity contribution in [1.29, 1.82) is 0 Å². The molecular weight excluding hydrogens is 422 g/mol. The van der Waals surface area contributed by atoms with Gasteiger partial charge in [0.1, 0.15) is 0 Å². The minimum absolute atomic E-state index is 0.159. The maximum Gasteiger partial charge on any atom is 0.254 e. The van der Waals surface area contributed by atoms with E-state index in [0.29, 0.717) is 17.0 Å². The van der Waals surface area contributed by atoms with Crippen LogP contribution in [0, 0.1) is 19.8 Å². The van der Waals surface area contributed by atoms with Gasteiger partial charge in [-0.15, -0.1) is 11.8 Å². The number of nitrogens with zero attached hydrogens (tertiary/aromatic N) is 1. The molecule has 1 aromatic carbocycles. The van der Waals surface area contributed by atoms with Gasteiger partial charge in [0.15, 0.2) is 0 Å². The van der Waals surface area contributed by atoms with Gasteiger partial charge in [-0.25, -0.2) is 0 Å². The third-order valence-corrected chi connectivity index (χ3v) is 7.39. The van der Waals surface area contributed by atoms with Crippen LogP contribution < -0.4 is 10.9 Å². The minimum Gasteiger partial charge on any atom is -0.393 e. The van der Waals surface area contributed by atoms with Gasteiger partial charge in [-0.3, -0.25) is 9.59 Å². The van der Waals surface area contributed by atoms with Gasteiger partial charge in [0.25, 0.3) is 11.5 Å². The van der Waals surface area contributed by atoms with Crippen LogP contribution in [-0.2, 0) is 13.1 Å². The zero-order valence-corrected chi connectivity index (χ0v) is 19.7. The number of hydrogen-bond acceptors (Lipinski definition) is 4. The van der Waals surface area contributed by atoms with Crippen molar-refractivity contribution in [3.8, 4) is 0 Å². The second kappa shape index (κ2) is 9.55. The molecule has 0 unspecified atom stereocenters. The molecule has 0 aliphatic heterocycles. The van der Waals surface area contributed by atoms with Gasteiger partial charge in [0.2, 0.25) is 0 Å². The average Bonchev–Trinajstić information content (AvgIpc) is 3.05. The number of fused-ring (bicyclic) bond motifs is 1. The van der Waals surface area contributed by atoms with Gasteiger partial charge in [-0.05, 0) is 63.8 Å². The van der Waals surface area contributed by atoms with Crippen LogP contribution in [0.2, 0.25) is 0 Å². The highest BCUT2D eigenvalue weighted by atomic mass is 32.2. The van der Waals surface area contributed by atoms with Crippen LogP contribution in [0.1, 0.15) is 53.0 Å². The van der Waals surface area contributed by atoms with Crippen LogP contribution in [0.3, 0.4) is 0 Å². The number of carbonyl (C=O) groups excluding carboxylic acids is 1. The second-order valence-corrected chi connectivity index (χ2v) is 9.62. The molecule has 0 atom stereocenters. The zero-order chi connectivity index (χ0) is 22.8. The van der Waals surface area contributed by atoms with Crippen LogP contribution >= 0.6 is 11.8 Å². The summed E-state index contributed by atoms with van der Waals surface area (Å²) in [5.74, 6) is 0.336. The molecule has 7 heteroatoms. The summed E-state index contributed by atoms with van der Waals surface area (Å²) in [5.41, 5.74) is 3.90. The number of H-pyrrole nitrogens is 1. The number of carbonyl (C=O) groups is 1. The van der Waals surface area contributed by atoms with Gasteiger partial charge < -0.3 is 20.0 Å². The Morgan fingerprint density at radius 2 is 1.94 bits per heavy atom. The summed E-state index contributed by atoms with van der Waals surface area (Å²) >= 11 is 1.51. The van der Waals surface area contributed by atoms with E-state index in [4.69, 9.17) is 0 Å². The summed E-state index contributed by atoms with van der Waals surface area (Å²) in [6, 6.07) is 9.95. The molecule has 170 valence electrons. The molecule has 0 saturated heterocycles. The Labute approximate surface area is 192 Å². The van der Waals surface area contributed by atoms with Gasteiger partial charge >= 0.3 is 0 Å². The molecule has 0 spiro atoms. The fourth-order valence-corrected chi connectivity index (χ4v) is 5.54. The van der Waals surface area contributed by atoms with E-state index >= 15 is 0 Å². The first-order valence-corrected chi connectivity index (χ1v) is 12.4. The lowest BCUT2D eigenvalue weighted by Gasteiger charge is -2.26. The summed E-state index contributed by atoms with van der Waals surface area (Å²) in [5, 5.41) is 13.8. The van der Waals surface area contributed by atoms with E-state index in [9.17, 15) is 14.7 Å². The molecule has 6 nitrogen and oxygen atoms in total. The van der Waals surface area contributed by atoms with Crippen LogP contribution in [0.4, 0.5) is 0 Å². The van der Waals surface area contributed by atoms with Crippen molar-refractivity contribution >= 4 is 28.6 Å². The molecule has 1 saturated carbocycles. The van der Waals surface area contributed by atoms with Crippen molar-refractivity contribution in [3.63, 3.8) is 0 Å². The van der Waals surface area contributed by atoms with E-state index < -0.39 is 0 Å². The Hall–Kier alpha value is -2.51. The van der Waals surface area contributed by atoms with E-state index in [2.05, 4.69) is 20.9 Å². The highest BCUT2D eigenvalue weighted by Crippen LogP contribution is 2.31. The number of aliphatic hydroxyl groups is 1. The number of para-hydroxylation sites is 1. The van der Waals surface area contributed by atoms with Crippen molar-refractivity contribution < 1.29 is 9.90 Å². The SMILES string of the molecule is CSc1cc(C)[nH]c(=O)c1CNC(=O)c1c(C)n(CC2CCC(O)CC2)c2ccccc12. The Bertz CT molecular complexity index is 1190. The Balaban J connectivity index is 1.61. The molecule has 32 heavy (non-hydrogen) atoms. The van der Waals surface area contributed by atoms with Crippen LogP contribution in [0.15, 0.2) is 40.0 Å². The third-order valence-electron chi connectivity index (χ3n) is 6.59. The molecule has 0 bridgehead atoms. The zero-order valence-electron chi connectivity index (χ0n) is 18.9.